The Kier molecular flexibility index (Phi) is 2.49. The first-order chi connectivity index (χ1) is 8.65. The van der Waals surface area contributed by atoms with Gasteiger partial charge in [-0.25, -0.2) is 4.98 Å². The fourth-order valence-electron chi connectivity index (χ4n) is 1.94. The Morgan fingerprint density at radius 2 is 2.11 bits per heavy atom. The van der Waals surface area contributed by atoms with Crippen molar-refractivity contribution in [2.45, 2.75) is 6.92 Å². The lowest BCUT2D eigenvalue weighted by atomic mass is 10.1. The zero-order valence-corrected chi connectivity index (χ0v) is 10.5. The maximum Gasteiger partial charge on any atom is 0.180 e. The van der Waals surface area contributed by atoms with Crippen molar-refractivity contribution in [1.29, 1.82) is 0 Å². The van der Waals surface area contributed by atoms with E-state index in [2.05, 4.69) is 4.98 Å². The van der Waals surface area contributed by atoms with Crippen LogP contribution in [0, 0.1) is 6.92 Å². The van der Waals surface area contributed by atoms with Crippen molar-refractivity contribution in [3.8, 4) is 17.0 Å². The van der Waals surface area contributed by atoms with Crippen molar-refractivity contribution in [3.05, 3.63) is 53.3 Å². The summed E-state index contributed by atoms with van der Waals surface area (Å²) < 4.78 is 1.80. The second-order valence-electron chi connectivity index (χ2n) is 4.21. The Morgan fingerprint density at radius 1 is 1.28 bits per heavy atom. The quantitative estimate of drug-likeness (QED) is 0.723. The van der Waals surface area contributed by atoms with Crippen LogP contribution in [0.3, 0.4) is 0 Å². The fourth-order valence-corrected chi connectivity index (χ4v) is 2.06. The highest BCUT2D eigenvalue weighted by molar-refractivity contribution is 6.31. The maximum atomic E-state index is 9.73. The topological polar surface area (TPSA) is 37.5 Å². The molecule has 0 spiro atoms. The van der Waals surface area contributed by atoms with Crippen molar-refractivity contribution in [3.63, 3.8) is 0 Å². The first-order valence-electron chi connectivity index (χ1n) is 5.58. The van der Waals surface area contributed by atoms with E-state index in [4.69, 9.17) is 11.6 Å². The summed E-state index contributed by atoms with van der Waals surface area (Å²) in [6.45, 7) is 1.96. The minimum atomic E-state index is 0.175. The first-order valence-corrected chi connectivity index (χ1v) is 5.96. The van der Waals surface area contributed by atoms with E-state index in [1.165, 1.54) is 0 Å². The second kappa shape index (κ2) is 4.03. The number of rotatable bonds is 1. The summed E-state index contributed by atoms with van der Waals surface area (Å²) in [6.07, 6.45) is 3.74. The molecule has 0 aliphatic heterocycles. The number of aromatic nitrogens is 2. The molecular formula is C14H11ClN2O. The number of fused-ring (bicyclic) bond motifs is 1. The van der Waals surface area contributed by atoms with Crippen molar-refractivity contribution < 1.29 is 5.11 Å². The van der Waals surface area contributed by atoms with Crippen LogP contribution in [0.5, 0.6) is 5.75 Å². The highest BCUT2D eigenvalue weighted by atomic mass is 35.5. The minimum absolute atomic E-state index is 0.175. The number of halogens is 1. The van der Waals surface area contributed by atoms with Gasteiger partial charge in [-0.15, -0.1) is 0 Å². The number of hydrogen-bond acceptors (Lipinski definition) is 2. The highest BCUT2D eigenvalue weighted by Crippen LogP contribution is 2.26. The molecule has 2 heterocycles. The van der Waals surface area contributed by atoms with Crippen molar-refractivity contribution in [1.82, 2.24) is 9.38 Å². The van der Waals surface area contributed by atoms with Gasteiger partial charge < -0.3 is 9.51 Å². The zero-order chi connectivity index (χ0) is 12.7. The van der Waals surface area contributed by atoms with Gasteiger partial charge in [0.2, 0.25) is 0 Å². The Balaban J connectivity index is 2.19. The molecule has 0 radical (unpaired) electrons. The number of aromatic hydroxyl groups is 1. The van der Waals surface area contributed by atoms with Gasteiger partial charge in [0, 0.05) is 23.0 Å². The molecule has 1 aromatic carbocycles. The molecule has 0 amide bonds. The molecule has 3 rings (SSSR count). The number of hydrogen-bond donors (Lipinski definition) is 1. The van der Waals surface area contributed by atoms with E-state index in [-0.39, 0.29) is 5.75 Å². The molecule has 0 aliphatic rings. The van der Waals surface area contributed by atoms with E-state index in [1.54, 1.807) is 16.5 Å². The number of benzene rings is 1. The third-order valence-electron chi connectivity index (χ3n) is 2.92. The van der Waals surface area contributed by atoms with Gasteiger partial charge in [0.15, 0.2) is 11.4 Å². The standard InChI is InChI=1S/C14H11ClN2O/c1-9-7-10(4-5-11(9)15)12-8-17-6-2-3-13(18)14(17)16-12/h2-8,18H,1H3. The molecule has 0 aliphatic carbocycles. The second-order valence-corrected chi connectivity index (χ2v) is 4.62. The largest absolute Gasteiger partial charge is 0.504 e. The van der Waals surface area contributed by atoms with Crippen LogP contribution in [0.2, 0.25) is 5.02 Å². The Hall–Kier alpha value is -2.00. The molecule has 2 aromatic heterocycles. The van der Waals surface area contributed by atoms with Gasteiger partial charge >= 0.3 is 0 Å². The Labute approximate surface area is 109 Å². The maximum absolute atomic E-state index is 9.73. The van der Waals surface area contributed by atoms with Gasteiger partial charge in [0.25, 0.3) is 0 Å². The van der Waals surface area contributed by atoms with Crippen molar-refractivity contribution in [2.75, 3.05) is 0 Å². The molecule has 0 bridgehead atoms. The van der Waals surface area contributed by atoms with Gasteiger partial charge in [-0.3, -0.25) is 0 Å². The van der Waals surface area contributed by atoms with Crippen LogP contribution in [0.15, 0.2) is 42.7 Å². The lowest BCUT2D eigenvalue weighted by molar-refractivity contribution is 0.477. The molecule has 18 heavy (non-hydrogen) atoms. The predicted octanol–water partition coefficient (Wildman–Crippen LogP) is 3.67. The lowest BCUT2D eigenvalue weighted by Gasteiger charge is -2.00. The number of aryl methyl sites for hydroxylation is 1. The molecule has 0 saturated carbocycles. The number of pyridine rings is 1. The van der Waals surface area contributed by atoms with E-state index in [1.807, 2.05) is 37.5 Å². The van der Waals surface area contributed by atoms with Crippen LogP contribution >= 0.6 is 11.6 Å². The fraction of sp³-hybridized carbons (Fsp3) is 0.0714. The Morgan fingerprint density at radius 3 is 2.83 bits per heavy atom. The summed E-state index contributed by atoms with van der Waals surface area (Å²) in [6, 6.07) is 9.17. The number of nitrogens with zero attached hydrogens (tertiary/aromatic N) is 2. The van der Waals surface area contributed by atoms with Crippen LogP contribution < -0.4 is 0 Å². The number of imidazole rings is 1. The molecular weight excluding hydrogens is 248 g/mol. The smallest absolute Gasteiger partial charge is 0.180 e. The SMILES string of the molecule is Cc1cc(-c2cn3cccc(O)c3n2)ccc1Cl. The average Bonchev–Trinajstić information content (AvgIpc) is 2.78. The normalized spacial score (nSPS) is 11.0. The van der Waals surface area contributed by atoms with E-state index in [9.17, 15) is 5.11 Å². The van der Waals surface area contributed by atoms with Gasteiger partial charge in [-0.1, -0.05) is 17.7 Å². The average molecular weight is 259 g/mol. The minimum Gasteiger partial charge on any atom is -0.504 e. The van der Waals surface area contributed by atoms with Crippen LogP contribution in [0.1, 0.15) is 5.56 Å². The Bertz CT molecular complexity index is 734. The van der Waals surface area contributed by atoms with Gasteiger partial charge in [-0.2, -0.15) is 0 Å². The van der Waals surface area contributed by atoms with Crippen LogP contribution in [-0.4, -0.2) is 14.5 Å². The zero-order valence-electron chi connectivity index (χ0n) is 9.76. The molecule has 3 nitrogen and oxygen atoms in total. The third kappa shape index (κ3) is 1.73. The van der Waals surface area contributed by atoms with Crippen LogP contribution in [0.25, 0.3) is 16.9 Å². The summed E-state index contributed by atoms with van der Waals surface area (Å²) in [5, 5.41) is 10.5. The molecule has 0 saturated heterocycles. The van der Waals surface area contributed by atoms with Crippen LogP contribution in [0.4, 0.5) is 0 Å². The molecule has 90 valence electrons. The lowest BCUT2D eigenvalue weighted by Crippen LogP contribution is -1.80. The van der Waals surface area contributed by atoms with Gasteiger partial charge in [0.05, 0.1) is 5.69 Å². The van der Waals surface area contributed by atoms with E-state index < -0.39 is 0 Å². The predicted molar refractivity (Wildman–Crippen MR) is 72.0 cm³/mol. The van der Waals surface area contributed by atoms with Gasteiger partial charge in [0.1, 0.15) is 0 Å². The summed E-state index contributed by atoms with van der Waals surface area (Å²) in [5.74, 6) is 0.175. The summed E-state index contributed by atoms with van der Waals surface area (Å²) >= 11 is 6.01. The summed E-state index contributed by atoms with van der Waals surface area (Å²) in [7, 11) is 0. The molecule has 0 atom stereocenters. The molecule has 4 heteroatoms. The van der Waals surface area contributed by atoms with E-state index >= 15 is 0 Å². The first kappa shape index (κ1) is 11.1. The molecule has 1 N–H and O–H groups in total. The van der Waals surface area contributed by atoms with E-state index in [0.29, 0.717) is 5.65 Å². The monoisotopic (exact) mass is 258 g/mol. The molecule has 0 fully saturated rings. The molecule has 0 unspecified atom stereocenters. The summed E-state index contributed by atoms with van der Waals surface area (Å²) in [5.41, 5.74) is 3.37. The highest BCUT2D eigenvalue weighted by Gasteiger charge is 2.08. The van der Waals surface area contributed by atoms with Crippen LogP contribution in [-0.2, 0) is 0 Å². The summed E-state index contributed by atoms with van der Waals surface area (Å²) in [4.78, 5) is 4.42. The van der Waals surface area contributed by atoms with Crippen molar-refractivity contribution >= 4 is 17.2 Å². The van der Waals surface area contributed by atoms with E-state index in [0.717, 1.165) is 21.8 Å². The third-order valence-corrected chi connectivity index (χ3v) is 3.34. The molecule has 3 aromatic rings. The van der Waals surface area contributed by atoms with Crippen molar-refractivity contribution in [2.24, 2.45) is 0 Å². The van der Waals surface area contributed by atoms with Gasteiger partial charge in [-0.05, 0) is 36.8 Å².